The molecule has 3 heteroatoms. The second kappa shape index (κ2) is 8.69. The maximum atomic E-state index is 10.8. The number of aliphatic carboxylic acids is 1. The second-order valence-electron chi connectivity index (χ2n) is 6.18. The summed E-state index contributed by atoms with van der Waals surface area (Å²) < 4.78 is 0. The highest BCUT2D eigenvalue weighted by atomic mass is 31.2. The van der Waals surface area contributed by atoms with Gasteiger partial charge in [-0.2, -0.15) is 0 Å². The Morgan fingerprint density at radius 1 is 0.731 bits per heavy atom. The number of rotatable bonds is 7. The zero-order valence-electron chi connectivity index (χ0n) is 14.6. The first-order chi connectivity index (χ1) is 12.7. The van der Waals surface area contributed by atoms with Crippen LogP contribution in [0.15, 0.2) is 91.0 Å². The third kappa shape index (κ3) is 3.98. The van der Waals surface area contributed by atoms with Crippen LogP contribution in [0.3, 0.4) is 0 Å². The average Bonchev–Trinajstić information content (AvgIpc) is 2.70. The van der Waals surface area contributed by atoms with Gasteiger partial charge < -0.3 is 9.90 Å². The van der Waals surface area contributed by atoms with E-state index in [1.165, 1.54) is 15.9 Å². The minimum Gasteiger partial charge on any atom is -0.550 e. The van der Waals surface area contributed by atoms with Crippen molar-refractivity contribution in [2.45, 2.75) is 19.3 Å². The molecule has 0 spiro atoms. The molecule has 26 heavy (non-hydrogen) atoms. The molecule has 2 nitrogen and oxygen atoms in total. The Morgan fingerprint density at radius 2 is 1.12 bits per heavy atom. The van der Waals surface area contributed by atoms with Crippen molar-refractivity contribution >= 4 is 34.6 Å². The predicted octanol–water partition coefficient (Wildman–Crippen LogP) is 2.70. The molecule has 3 aromatic rings. The summed E-state index contributed by atoms with van der Waals surface area (Å²) in [5.41, 5.74) is 0. The van der Waals surface area contributed by atoms with Gasteiger partial charge in [0.2, 0.25) is 0 Å². The zero-order valence-corrected chi connectivity index (χ0v) is 15.5. The van der Waals surface area contributed by atoms with Crippen LogP contribution in [-0.2, 0) is 4.79 Å². The van der Waals surface area contributed by atoms with Gasteiger partial charge in [-0.25, -0.2) is 0 Å². The monoisotopic (exact) mass is 361 g/mol. The standard InChI is InChI=1S/C23H23O2P/c24-23(25)18-10-11-19-26(20-12-4-1-5-13-20,21-14-6-2-7-15-21)22-16-8-3-9-17-22/h1-9,12-17,19H,10-11,18H2,(H,24,25)/p-1. The van der Waals surface area contributed by atoms with Crippen LogP contribution in [0.2, 0.25) is 0 Å². The van der Waals surface area contributed by atoms with E-state index in [0.717, 1.165) is 6.42 Å². The summed E-state index contributed by atoms with van der Waals surface area (Å²) >= 11 is 0. The highest BCUT2D eigenvalue weighted by Crippen LogP contribution is 2.44. The van der Waals surface area contributed by atoms with Gasteiger partial charge in [0.25, 0.3) is 0 Å². The Hall–Kier alpha value is -2.57. The molecule has 0 radical (unpaired) electrons. The molecule has 0 fully saturated rings. The molecule has 0 saturated heterocycles. The van der Waals surface area contributed by atoms with Crippen LogP contribution in [0.4, 0.5) is 0 Å². The number of carbonyl (C=O) groups is 1. The van der Waals surface area contributed by atoms with Crippen LogP contribution in [0.25, 0.3) is 0 Å². The lowest BCUT2D eigenvalue weighted by Gasteiger charge is -2.29. The molecule has 0 heterocycles. The van der Waals surface area contributed by atoms with Gasteiger partial charge in [-0.3, -0.25) is 0 Å². The Labute approximate surface area is 155 Å². The fourth-order valence-corrected chi connectivity index (χ4v) is 7.31. The van der Waals surface area contributed by atoms with Crippen LogP contribution in [0, 0.1) is 0 Å². The van der Waals surface area contributed by atoms with E-state index in [-0.39, 0.29) is 6.42 Å². The fourth-order valence-electron chi connectivity index (χ4n) is 3.28. The lowest BCUT2D eigenvalue weighted by atomic mass is 10.3. The van der Waals surface area contributed by atoms with E-state index in [2.05, 4.69) is 78.6 Å². The Morgan fingerprint density at radius 3 is 1.46 bits per heavy atom. The minimum absolute atomic E-state index is 0.0921. The van der Waals surface area contributed by atoms with Gasteiger partial charge in [0.15, 0.2) is 0 Å². The van der Waals surface area contributed by atoms with Crippen molar-refractivity contribution in [3.63, 3.8) is 0 Å². The number of unbranched alkanes of at least 4 members (excludes halogenated alkanes) is 1. The fraction of sp³-hybridized carbons (Fsp3) is 0.130. The van der Waals surface area contributed by atoms with Crippen LogP contribution in [-0.4, -0.2) is 11.8 Å². The highest BCUT2D eigenvalue weighted by Gasteiger charge is 2.24. The number of hydrogen-bond acceptors (Lipinski definition) is 2. The van der Waals surface area contributed by atoms with Crippen LogP contribution < -0.4 is 21.0 Å². The molecular weight excluding hydrogens is 339 g/mol. The van der Waals surface area contributed by atoms with Crippen LogP contribution in [0.1, 0.15) is 19.3 Å². The van der Waals surface area contributed by atoms with Crippen molar-refractivity contribution in [2.75, 3.05) is 0 Å². The summed E-state index contributed by atoms with van der Waals surface area (Å²) in [6, 6.07) is 31.6. The van der Waals surface area contributed by atoms with Crippen LogP contribution >= 0.6 is 6.89 Å². The molecule has 0 unspecified atom stereocenters. The van der Waals surface area contributed by atoms with Crippen molar-refractivity contribution < 1.29 is 9.90 Å². The van der Waals surface area contributed by atoms with Crippen molar-refractivity contribution in [1.82, 2.24) is 0 Å². The van der Waals surface area contributed by atoms with Gasteiger partial charge in [0, 0.05) is 5.97 Å². The van der Waals surface area contributed by atoms with Crippen molar-refractivity contribution in [2.24, 2.45) is 0 Å². The largest absolute Gasteiger partial charge is 0.550 e. The van der Waals surface area contributed by atoms with E-state index in [1.54, 1.807) is 0 Å². The molecule has 0 saturated carbocycles. The summed E-state index contributed by atoms with van der Waals surface area (Å²) in [6.45, 7) is -1.95. The SMILES string of the molecule is O=C([O-])CCCC=P(c1ccccc1)(c1ccccc1)c1ccccc1. The number of hydrogen-bond donors (Lipinski definition) is 0. The van der Waals surface area contributed by atoms with Gasteiger partial charge in [0.1, 0.15) is 0 Å². The van der Waals surface area contributed by atoms with E-state index < -0.39 is 12.9 Å². The smallest absolute Gasteiger partial charge is 0.0414 e. The predicted molar refractivity (Wildman–Crippen MR) is 110 cm³/mol. The second-order valence-corrected chi connectivity index (χ2v) is 9.54. The molecule has 0 aromatic heterocycles. The molecule has 0 amide bonds. The molecule has 0 aliphatic heterocycles. The third-order valence-electron chi connectivity index (χ3n) is 4.48. The first-order valence-corrected chi connectivity index (χ1v) is 10.7. The zero-order chi connectivity index (χ0) is 18.2. The average molecular weight is 361 g/mol. The van der Waals surface area contributed by atoms with Crippen molar-refractivity contribution in [3.05, 3.63) is 91.0 Å². The van der Waals surface area contributed by atoms with Crippen LogP contribution in [0.5, 0.6) is 0 Å². The Bertz CT molecular complexity index is 784. The Balaban J connectivity index is 2.21. The molecule has 3 rings (SSSR count). The molecule has 0 atom stereocenters. The quantitative estimate of drug-likeness (QED) is 0.480. The highest BCUT2D eigenvalue weighted by molar-refractivity contribution is 7.94. The van der Waals surface area contributed by atoms with Gasteiger partial charge in [0.05, 0.1) is 0 Å². The normalized spacial score (nSPS) is 11.1. The molecule has 3 aromatic carbocycles. The number of carboxylic acid groups (broad SMARTS) is 1. The van der Waals surface area contributed by atoms with Gasteiger partial charge in [-0.1, -0.05) is 96.8 Å². The maximum Gasteiger partial charge on any atom is 0.0414 e. The number of carboxylic acids is 1. The topological polar surface area (TPSA) is 40.1 Å². The van der Waals surface area contributed by atoms with Gasteiger partial charge >= 0.3 is 0 Å². The van der Waals surface area contributed by atoms with E-state index >= 15 is 0 Å². The van der Waals surface area contributed by atoms with Gasteiger partial charge in [-0.15, -0.1) is 0 Å². The Kier molecular flexibility index (Phi) is 6.09. The molecule has 0 aliphatic carbocycles. The minimum atomic E-state index is -1.95. The lowest BCUT2D eigenvalue weighted by Crippen LogP contribution is -2.27. The number of benzene rings is 3. The molecule has 0 aliphatic rings. The summed E-state index contributed by atoms with van der Waals surface area (Å²) in [7, 11) is 0. The van der Waals surface area contributed by atoms with E-state index in [0.29, 0.717) is 6.42 Å². The summed E-state index contributed by atoms with van der Waals surface area (Å²) in [4.78, 5) is 10.8. The lowest BCUT2D eigenvalue weighted by molar-refractivity contribution is -0.305. The third-order valence-corrected chi connectivity index (χ3v) is 8.62. The molecule has 0 N–H and O–H groups in total. The maximum absolute atomic E-state index is 10.8. The van der Waals surface area contributed by atoms with E-state index in [4.69, 9.17) is 0 Å². The first kappa shape index (κ1) is 18.2. The van der Waals surface area contributed by atoms with Crippen molar-refractivity contribution in [3.8, 4) is 0 Å². The first-order valence-electron chi connectivity index (χ1n) is 8.83. The van der Waals surface area contributed by atoms with E-state index in [9.17, 15) is 9.90 Å². The van der Waals surface area contributed by atoms with Gasteiger partial charge in [-0.05, 0) is 42.1 Å². The summed E-state index contributed by atoms with van der Waals surface area (Å²) in [5.74, 6) is 1.37. The molecule has 132 valence electrons. The summed E-state index contributed by atoms with van der Waals surface area (Å²) in [5, 5.41) is 14.7. The number of carbonyl (C=O) groups excluding carboxylic acids is 1. The van der Waals surface area contributed by atoms with E-state index in [1.807, 2.05) is 18.2 Å². The molecule has 0 bridgehead atoms. The summed E-state index contributed by atoms with van der Waals surface area (Å²) in [6.07, 6.45) is 1.42. The molecular formula is C23H22O2P-. The van der Waals surface area contributed by atoms with Crippen molar-refractivity contribution in [1.29, 1.82) is 0 Å².